The zero-order valence-corrected chi connectivity index (χ0v) is 13.1. The monoisotopic (exact) mass is 293 g/mol. The summed E-state index contributed by atoms with van der Waals surface area (Å²) in [6, 6.07) is 7.73. The van der Waals surface area contributed by atoms with Gasteiger partial charge in [-0.2, -0.15) is 0 Å². The molecule has 4 heteroatoms. The number of hydrogen-bond donors (Lipinski definition) is 1. The summed E-state index contributed by atoms with van der Waals surface area (Å²) < 4.78 is 11.3. The minimum atomic E-state index is -0.533. The lowest BCUT2D eigenvalue weighted by Gasteiger charge is -2.26. The van der Waals surface area contributed by atoms with Crippen LogP contribution in [-0.2, 0) is 4.74 Å². The Morgan fingerprint density at radius 2 is 2.19 bits per heavy atom. The number of benzene rings is 1. The Labute approximate surface area is 127 Å². The van der Waals surface area contributed by atoms with Crippen LogP contribution in [0.3, 0.4) is 0 Å². The smallest absolute Gasteiger partial charge is 0.125 e. The van der Waals surface area contributed by atoms with Crippen LogP contribution in [0.5, 0.6) is 5.75 Å². The SMILES string of the molecule is CCOc1ccccc1C(O)CN(CC)CC1CCCO1. The molecule has 21 heavy (non-hydrogen) atoms. The zero-order chi connectivity index (χ0) is 15.1. The van der Waals surface area contributed by atoms with Crippen LogP contribution in [0.25, 0.3) is 0 Å². The molecule has 4 nitrogen and oxygen atoms in total. The Morgan fingerprint density at radius 1 is 1.38 bits per heavy atom. The van der Waals surface area contributed by atoms with E-state index in [4.69, 9.17) is 9.47 Å². The van der Waals surface area contributed by atoms with Crippen molar-refractivity contribution in [3.63, 3.8) is 0 Å². The molecule has 1 aliphatic heterocycles. The fraction of sp³-hybridized carbons (Fsp3) is 0.647. The average Bonchev–Trinajstić information content (AvgIpc) is 3.00. The third-order valence-corrected chi connectivity index (χ3v) is 3.94. The highest BCUT2D eigenvalue weighted by Crippen LogP contribution is 2.26. The lowest BCUT2D eigenvalue weighted by atomic mass is 10.1. The van der Waals surface area contributed by atoms with Crippen molar-refractivity contribution in [2.75, 3.05) is 32.8 Å². The maximum atomic E-state index is 10.5. The molecule has 1 aliphatic rings. The van der Waals surface area contributed by atoms with E-state index < -0.39 is 6.10 Å². The van der Waals surface area contributed by atoms with Crippen LogP contribution in [-0.4, -0.2) is 49.0 Å². The van der Waals surface area contributed by atoms with Crippen molar-refractivity contribution in [3.8, 4) is 5.75 Å². The molecule has 0 bridgehead atoms. The van der Waals surface area contributed by atoms with Crippen LogP contribution in [0.1, 0.15) is 38.4 Å². The Hall–Kier alpha value is -1.10. The number of rotatable bonds is 8. The molecule has 1 aromatic carbocycles. The van der Waals surface area contributed by atoms with Gasteiger partial charge < -0.3 is 14.6 Å². The molecule has 1 N–H and O–H groups in total. The van der Waals surface area contributed by atoms with Gasteiger partial charge in [-0.05, 0) is 32.4 Å². The van der Waals surface area contributed by atoms with Crippen molar-refractivity contribution >= 4 is 0 Å². The van der Waals surface area contributed by atoms with E-state index in [0.29, 0.717) is 19.3 Å². The highest BCUT2D eigenvalue weighted by molar-refractivity contribution is 5.35. The number of ether oxygens (including phenoxy) is 2. The van der Waals surface area contributed by atoms with Gasteiger partial charge in [0.1, 0.15) is 5.75 Å². The predicted octanol–water partition coefficient (Wildman–Crippen LogP) is 2.62. The van der Waals surface area contributed by atoms with Gasteiger partial charge in [0.2, 0.25) is 0 Å². The van der Waals surface area contributed by atoms with Crippen molar-refractivity contribution in [2.24, 2.45) is 0 Å². The molecule has 1 aromatic rings. The molecule has 0 aromatic heterocycles. The maximum Gasteiger partial charge on any atom is 0.125 e. The topological polar surface area (TPSA) is 41.9 Å². The van der Waals surface area contributed by atoms with E-state index in [-0.39, 0.29) is 0 Å². The minimum absolute atomic E-state index is 0.319. The van der Waals surface area contributed by atoms with E-state index in [0.717, 1.165) is 43.9 Å². The van der Waals surface area contributed by atoms with Crippen LogP contribution >= 0.6 is 0 Å². The average molecular weight is 293 g/mol. The van der Waals surface area contributed by atoms with E-state index in [1.54, 1.807) is 0 Å². The lowest BCUT2D eigenvalue weighted by molar-refractivity contribution is 0.0509. The molecule has 2 rings (SSSR count). The summed E-state index contributed by atoms with van der Waals surface area (Å²) in [5.74, 6) is 0.778. The van der Waals surface area contributed by atoms with Crippen molar-refractivity contribution < 1.29 is 14.6 Å². The summed E-state index contributed by atoms with van der Waals surface area (Å²) >= 11 is 0. The molecule has 0 amide bonds. The molecule has 0 saturated carbocycles. The van der Waals surface area contributed by atoms with Gasteiger partial charge in [-0.15, -0.1) is 0 Å². The second-order valence-electron chi connectivity index (χ2n) is 5.47. The van der Waals surface area contributed by atoms with E-state index in [9.17, 15) is 5.11 Å². The first-order chi connectivity index (χ1) is 10.2. The van der Waals surface area contributed by atoms with Crippen molar-refractivity contribution in [3.05, 3.63) is 29.8 Å². The molecule has 2 unspecified atom stereocenters. The largest absolute Gasteiger partial charge is 0.493 e. The molecule has 1 heterocycles. The van der Waals surface area contributed by atoms with Gasteiger partial charge in [0.15, 0.2) is 0 Å². The fourth-order valence-electron chi connectivity index (χ4n) is 2.79. The minimum Gasteiger partial charge on any atom is -0.493 e. The number of para-hydroxylation sites is 1. The highest BCUT2D eigenvalue weighted by atomic mass is 16.5. The zero-order valence-electron chi connectivity index (χ0n) is 13.1. The number of likely N-dealkylation sites (N-methyl/N-ethyl adjacent to an activating group) is 1. The first-order valence-corrected chi connectivity index (χ1v) is 7.98. The van der Waals surface area contributed by atoms with Gasteiger partial charge in [-0.1, -0.05) is 25.1 Å². The second-order valence-corrected chi connectivity index (χ2v) is 5.47. The van der Waals surface area contributed by atoms with Crippen molar-refractivity contribution in [1.82, 2.24) is 4.90 Å². The Balaban J connectivity index is 1.96. The normalized spacial score (nSPS) is 19.9. The van der Waals surface area contributed by atoms with Gasteiger partial charge in [-0.3, -0.25) is 4.90 Å². The molecule has 0 radical (unpaired) electrons. The molecule has 1 saturated heterocycles. The molecule has 2 atom stereocenters. The van der Waals surface area contributed by atoms with Crippen LogP contribution in [0.4, 0.5) is 0 Å². The van der Waals surface area contributed by atoms with Crippen LogP contribution in [0.15, 0.2) is 24.3 Å². The Bertz CT molecular complexity index is 418. The standard InChI is InChI=1S/C17H27NO3/c1-3-18(12-14-8-7-11-21-14)13-16(19)15-9-5-6-10-17(15)20-4-2/h5-6,9-10,14,16,19H,3-4,7-8,11-13H2,1-2H3. The summed E-state index contributed by atoms with van der Waals surface area (Å²) in [6.45, 7) is 7.97. The van der Waals surface area contributed by atoms with E-state index >= 15 is 0 Å². The maximum absolute atomic E-state index is 10.5. The third kappa shape index (κ3) is 4.70. The van der Waals surface area contributed by atoms with Gasteiger partial charge in [0.25, 0.3) is 0 Å². The summed E-state index contributed by atoms with van der Waals surface area (Å²) in [4.78, 5) is 2.25. The number of nitrogens with zero attached hydrogens (tertiary/aromatic N) is 1. The molecule has 0 spiro atoms. The molecular formula is C17H27NO3. The number of aliphatic hydroxyl groups is 1. The second kappa shape index (κ2) is 8.37. The summed E-state index contributed by atoms with van der Waals surface area (Å²) in [5.41, 5.74) is 0.866. The van der Waals surface area contributed by atoms with Gasteiger partial charge >= 0.3 is 0 Å². The Kier molecular flexibility index (Phi) is 6.49. The van der Waals surface area contributed by atoms with Crippen molar-refractivity contribution in [1.29, 1.82) is 0 Å². The lowest BCUT2D eigenvalue weighted by Crippen LogP contribution is -2.35. The van der Waals surface area contributed by atoms with Crippen LogP contribution in [0.2, 0.25) is 0 Å². The van der Waals surface area contributed by atoms with Gasteiger partial charge in [0.05, 0.1) is 18.8 Å². The highest BCUT2D eigenvalue weighted by Gasteiger charge is 2.21. The molecule has 0 aliphatic carbocycles. The van der Waals surface area contributed by atoms with Crippen LogP contribution < -0.4 is 4.74 Å². The predicted molar refractivity (Wildman–Crippen MR) is 83.7 cm³/mol. The third-order valence-electron chi connectivity index (χ3n) is 3.94. The van der Waals surface area contributed by atoms with E-state index in [2.05, 4.69) is 11.8 Å². The fourth-order valence-corrected chi connectivity index (χ4v) is 2.79. The summed E-state index contributed by atoms with van der Waals surface area (Å²) in [5, 5.41) is 10.5. The van der Waals surface area contributed by atoms with Crippen molar-refractivity contribution in [2.45, 2.75) is 38.9 Å². The summed E-state index contributed by atoms with van der Waals surface area (Å²) in [7, 11) is 0. The number of hydrogen-bond acceptors (Lipinski definition) is 4. The first-order valence-electron chi connectivity index (χ1n) is 7.98. The summed E-state index contributed by atoms with van der Waals surface area (Å²) in [6.07, 6.45) is 2.06. The molecule has 1 fully saturated rings. The molecular weight excluding hydrogens is 266 g/mol. The Morgan fingerprint density at radius 3 is 2.86 bits per heavy atom. The van der Waals surface area contributed by atoms with Gasteiger partial charge in [0, 0.05) is 25.3 Å². The molecule has 118 valence electrons. The first kappa shape index (κ1) is 16.3. The number of aliphatic hydroxyl groups excluding tert-OH is 1. The quantitative estimate of drug-likeness (QED) is 0.800. The van der Waals surface area contributed by atoms with Gasteiger partial charge in [-0.25, -0.2) is 0 Å². The van der Waals surface area contributed by atoms with Crippen LogP contribution in [0, 0.1) is 0 Å². The van der Waals surface area contributed by atoms with E-state index in [1.807, 2.05) is 31.2 Å². The van der Waals surface area contributed by atoms with E-state index in [1.165, 1.54) is 0 Å².